The molecule has 0 bridgehead atoms. The molecule has 4 rings (SSSR count). The molecule has 2 aromatic carbocycles. The number of sulfonamides is 1. The molecular formula is C19H20N4O2S. The molecular weight excluding hydrogens is 348 g/mol. The highest BCUT2D eigenvalue weighted by atomic mass is 32.2. The molecule has 6 nitrogen and oxygen atoms in total. The van der Waals surface area contributed by atoms with E-state index in [0.717, 1.165) is 30.2 Å². The van der Waals surface area contributed by atoms with Crippen LogP contribution in [0, 0.1) is 0 Å². The highest BCUT2D eigenvalue weighted by Crippen LogP contribution is 2.24. The fourth-order valence-electron chi connectivity index (χ4n) is 3.46. The Labute approximate surface area is 152 Å². The second-order valence-corrected chi connectivity index (χ2v) is 8.10. The van der Waals surface area contributed by atoms with Gasteiger partial charge in [-0.25, -0.2) is 23.1 Å². The second-order valence-electron chi connectivity index (χ2n) is 6.37. The van der Waals surface area contributed by atoms with E-state index in [9.17, 15) is 8.42 Å². The van der Waals surface area contributed by atoms with E-state index in [-0.39, 0.29) is 6.04 Å². The number of nitrogens with zero attached hydrogens (tertiary/aromatic N) is 3. The van der Waals surface area contributed by atoms with Crippen molar-refractivity contribution in [2.75, 3.05) is 18.0 Å². The minimum absolute atomic E-state index is 0.0575. The molecule has 1 unspecified atom stereocenters. The molecule has 7 heteroatoms. The number of benzene rings is 2. The van der Waals surface area contributed by atoms with Gasteiger partial charge in [-0.15, -0.1) is 0 Å². The topological polar surface area (TPSA) is 75.2 Å². The lowest BCUT2D eigenvalue weighted by Gasteiger charge is -2.24. The summed E-state index contributed by atoms with van der Waals surface area (Å²) in [4.78, 5) is 11.0. The first kappa shape index (κ1) is 16.9. The summed E-state index contributed by atoms with van der Waals surface area (Å²) < 4.78 is 28.6. The summed E-state index contributed by atoms with van der Waals surface area (Å²) in [6.07, 6.45) is 5.32. The third-order valence-corrected chi connectivity index (χ3v) is 6.22. The van der Waals surface area contributed by atoms with Crippen molar-refractivity contribution in [2.24, 2.45) is 0 Å². The molecule has 1 fully saturated rings. The number of hydrogen-bond acceptors (Lipinski definition) is 5. The lowest BCUT2D eigenvalue weighted by molar-refractivity contribution is 0.566. The van der Waals surface area contributed by atoms with E-state index in [2.05, 4.69) is 19.6 Å². The standard InChI is InChI=1S/C19H20N4O2S/c24-26(25,18-10-3-7-15-6-1-2-9-17(15)18)22-14-16-8-4-13-23(16)19-20-11-5-12-21-19/h1-3,5-7,9-12,16,22H,4,8,13-14H2. The summed E-state index contributed by atoms with van der Waals surface area (Å²) >= 11 is 0. The van der Waals surface area contributed by atoms with E-state index in [1.807, 2.05) is 30.3 Å². The Morgan fingerprint density at radius 1 is 1.04 bits per heavy atom. The van der Waals surface area contributed by atoms with E-state index in [0.29, 0.717) is 17.4 Å². The quantitative estimate of drug-likeness (QED) is 0.749. The number of aromatic nitrogens is 2. The van der Waals surface area contributed by atoms with Gasteiger partial charge in [0, 0.05) is 36.9 Å². The normalized spacial score (nSPS) is 17.7. The number of anilines is 1. The van der Waals surface area contributed by atoms with Crippen LogP contribution in [0.1, 0.15) is 12.8 Å². The van der Waals surface area contributed by atoms with Gasteiger partial charge in [-0.2, -0.15) is 0 Å². The van der Waals surface area contributed by atoms with Crippen LogP contribution in [-0.2, 0) is 10.0 Å². The third kappa shape index (κ3) is 3.27. The Kier molecular flexibility index (Phi) is 4.57. The average molecular weight is 368 g/mol. The van der Waals surface area contributed by atoms with Crippen molar-refractivity contribution in [2.45, 2.75) is 23.8 Å². The lowest BCUT2D eigenvalue weighted by Crippen LogP contribution is -2.41. The van der Waals surface area contributed by atoms with Crippen molar-refractivity contribution >= 4 is 26.7 Å². The number of rotatable bonds is 5. The van der Waals surface area contributed by atoms with Gasteiger partial charge in [0.2, 0.25) is 16.0 Å². The van der Waals surface area contributed by atoms with Crippen LogP contribution in [-0.4, -0.2) is 37.5 Å². The van der Waals surface area contributed by atoms with Crippen molar-refractivity contribution in [3.05, 3.63) is 60.9 Å². The first-order valence-electron chi connectivity index (χ1n) is 8.66. The summed E-state index contributed by atoms with van der Waals surface area (Å²) in [5.41, 5.74) is 0. The second kappa shape index (κ2) is 7.01. The molecule has 0 radical (unpaired) electrons. The minimum Gasteiger partial charge on any atom is -0.337 e. The van der Waals surface area contributed by atoms with E-state index in [1.54, 1.807) is 30.6 Å². The molecule has 1 aromatic heterocycles. The Balaban J connectivity index is 1.55. The maximum absolute atomic E-state index is 12.9. The van der Waals surface area contributed by atoms with Crippen molar-refractivity contribution in [3.8, 4) is 0 Å². The molecule has 2 heterocycles. The fourth-order valence-corrected chi connectivity index (χ4v) is 4.76. The largest absolute Gasteiger partial charge is 0.337 e. The van der Waals surface area contributed by atoms with Crippen LogP contribution in [0.5, 0.6) is 0 Å². The van der Waals surface area contributed by atoms with Crippen LogP contribution in [0.4, 0.5) is 5.95 Å². The van der Waals surface area contributed by atoms with E-state index in [4.69, 9.17) is 0 Å². The molecule has 1 aliphatic heterocycles. The van der Waals surface area contributed by atoms with Crippen molar-refractivity contribution < 1.29 is 8.42 Å². The van der Waals surface area contributed by atoms with E-state index < -0.39 is 10.0 Å². The van der Waals surface area contributed by atoms with Crippen LogP contribution < -0.4 is 9.62 Å². The molecule has 26 heavy (non-hydrogen) atoms. The van der Waals surface area contributed by atoms with Crippen LogP contribution in [0.2, 0.25) is 0 Å². The maximum Gasteiger partial charge on any atom is 0.241 e. The molecule has 0 amide bonds. The molecule has 0 spiro atoms. The Bertz CT molecular complexity index is 1000. The summed E-state index contributed by atoms with van der Waals surface area (Å²) in [6.45, 7) is 1.18. The maximum atomic E-state index is 12.9. The summed E-state index contributed by atoms with van der Waals surface area (Å²) in [5.74, 6) is 0.652. The van der Waals surface area contributed by atoms with Crippen molar-refractivity contribution in [3.63, 3.8) is 0 Å². The SMILES string of the molecule is O=S(=O)(NCC1CCCN1c1ncccn1)c1cccc2ccccc12. The smallest absolute Gasteiger partial charge is 0.241 e. The fraction of sp³-hybridized carbons (Fsp3) is 0.263. The third-order valence-electron chi connectivity index (χ3n) is 4.73. The van der Waals surface area contributed by atoms with Gasteiger partial charge in [0.05, 0.1) is 4.90 Å². The van der Waals surface area contributed by atoms with Crippen LogP contribution in [0.3, 0.4) is 0 Å². The van der Waals surface area contributed by atoms with E-state index >= 15 is 0 Å². The zero-order valence-electron chi connectivity index (χ0n) is 14.2. The molecule has 0 aliphatic carbocycles. The Hall–Kier alpha value is -2.51. The van der Waals surface area contributed by atoms with Crippen LogP contribution >= 0.6 is 0 Å². The molecule has 1 atom stereocenters. The van der Waals surface area contributed by atoms with Gasteiger partial charge in [-0.3, -0.25) is 0 Å². The number of hydrogen-bond donors (Lipinski definition) is 1. The summed E-state index contributed by atoms with van der Waals surface area (Å²) in [6, 6.07) is 14.7. The van der Waals surface area contributed by atoms with Crippen molar-refractivity contribution in [1.82, 2.24) is 14.7 Å². The average Bonchev–Trinajstić information content (AvgIpc) is 3.15. The van der Waals surface area contributed by atoms with Gasteiger partial charge < -0.3 is 4.90 Å². The Morgan fingerprint density at radius 2 is 1.81 bits per heavy atom. The number of nitrogens with one attached hydrogen (secondary N) is 1. The van der Waals surface area contributed by atoms with Gasteiger partial charge in [0.15, 0.2) is 0 Å². The predicted molar refractivity (Wildman–Crippen MR) is 102 cm³/mol. The predicted octanol–water partition coefficient (Wildman–Crippen LogP) is 2.58. The van der Waals surface area contributed by atoms with Crippen LogP contribution in [0.25, 0.3) is 10.8 Å². The lowest BCUT2D eigenvalue weighted by atomic mass is 10.1. The molecule has 1 saturated heterocycles. The van der Waals surface area contributed by atoms with Gasteiger partial charge in [0.1, 0.15) is 0 Å². The highest BCUT2D eigenvalue weighted by molar-refractivity contribution is 7.89. The monoisotopic (exact) mass is 368 g/mol. The highest BCUT2D eigenvalue weighted by Gasteiger charge is 2.28. The number of fused-ring (bicyclic) bond motifs is 1. The summed E-state index contributed by atoms with van der Waals surface area (Å²) in [5, 5.41) is 1.65. The first-order chi connectivity index (χ1) is 12.6. The molecule has 0 saturated carbocycles. The zero-order chi connectivity index (χ0) is 18.0. The molecule has 1 aliphatic rings. The van der Waals surface area contributed by atoms with Gasteiger partial charge >= 0.3 is 0 Å². The van der Waals surface area contributed by atoms with E-state index in [1.165, 1.54) is 0 Å². The Morgan fingerprint density at radius 3 is 2.65 bits per heavy atom. The minimum atomic E-state index is -3.60. The molecule has 1 N–H and O–H groups in total. The van der Waals surface area contributed by atoms with Gasteiger partial charge in [-0.05, 0) is 30.4 Å². The van der Waals surface area contributed by atoms with Gasteiger partial charge in [0.25, 0.3) is 0 Å². The molecule has 134 valence electrons. The van der Waals surface area contributed by atoms with Crippen molar-refractivity contribution in [1.29, 1.82) is 0 Å². The molecule has 3 aromatic rings. The zero-order valence-corrected chi connectivity index (χ0v) is 15.1. The first-order valence-corrected chi connectivity index (χ1v) is 10.1. The van der Waals surface area contributed by atoms with Crippen LogP contribution in [0.15, 0.2) is 65.8 Å². The summed E-state index contributed by atoms with van der Waals surface area (Å²) in [7, 11) is -3.60. The van der Waals surface area contributed by atoms with Gasteiger partial charge in [-0.1, -0.05) is 36.4 Å².